The lowest BCUT2D eigenvalue weighted by molar-refractivity contribution is 0.233. The van der Waals surface area contributed by atoms with E-state index >= 15 is 0 Å². The molecule has 0 radical (unpaired) electrons. The number of hydrogen-bond acceptors (Lipinski definition) is 1. The molecular formula is C13H27NOS. The molecule has 2 nitrogen and oxygen atoms in total. The number of rotatable bonds is 3. The van der Waals surface area contributed by atoms with Crippen LogP contribution >= 0.6 is 0 Å². The monoisotopic (exact) mass is 245 g/mol. The zero-order valence-corrected chi connectivity index (χ0v) is 12.1. The topological polar surface area (TPSA) is 20.3 Å². The van der Waals surface area contributed by atoms with Crippen LogP contribution in [0.25, 0.3) is 0 Å². The summed E-state index contributed by atoms with van der Waals surface area (Å²) in [5.74, 6) is 4.51. The second kappa shape index (κ2) is 5.09. The molecular weight excluding hydrogens is 218 g/mol. The van der Waals surface area contributed by atoms with Crippen molar-refractivity contribution in [3.8, 4) is 0 Å². The third-order valence-corrected chi connectivity index (χ3v) is 4.75. The molecule has 1 aliphatic heterocycles. The summed E-state index contributed by atoms with van der Waals surface area (Å²) in [5, 5.41) is 0. The van der Waals surface area contributed by atoms with E-state index in [9.17, 15) is 4.21 Å². The molecule has 1 heterocycles. The molecule has 2 atom stereocenters. The van der Waals surface area contributed by atoms with Gasteiger partial charge in [-0.2, -0.15) is 0 Å². The van der Waals surface area contributed by atoms with Crippen LogP contribution in [0.2, 0.25) is 0 Å². The van der Waals surface area contributed by atoms with Gasteiger partial charge in [0.2, 0.25) is 0 Å². The van der Waals surface area contributed by atoms with E-state index in [1.807, 2.05) is 0 Å². The van der Waals surface area contributed by atoms with Crippen molar-refractivity contribution in [2.45, 2.75) is 46.5 Å². The van der Waals surface area contributed by atoms with E-state index < -0.39 is 9.71 Å². The number of hydrogen-bond donors (Lipinski definition) is 0. The second-order valence-corrected chi connectivity index (χ2v) is 8.89. The maximum Gasteiger partial charge on any atom is 0.0245 e. The molecule has 16 heavy (non-hydrogen) atoms. The van der Waals surface area contributed by atoms with Gasteiger partial charge in [0.25, 0.3) is 0 Å². The van der Waals surface area contributed by atoms with Crippen molar-refractivity contribution in [2.24, 2.45) is 11.3 Å². The Labute approximate surface area is 102 Å². The third-order valence-electron chi connectivity index (χ3n) is 3.33. The van der Waals surface area contributed by atoms with Crippen LogP contribution in [0.3, 0.4) is 0 Å². The SMILES string of the molecule is C=S(C)(=O)N1CCCC(CCC(C)(C)C)C1. The van der Waals surface area contributed by atoms with Crippen LogP contribution in [0.5, 0.6) is 0 Å². The van der Waals surface area contributed by atoms with Gasteiger partial charge < -0.3 is 0 Å². The molecule has 0 saturated carbocycles. The first-order valence-corrected chi connectivity index (χ1v) is 8.35. The van der Waals surface area contributed by atoms with Gasteiger partial charge in [0.15, 0.2) is 0 Å². The summed E-state index contributed by atoms with van der Waals surface area (Å²) in [6, 6.07) is 0. The molecule has 0 aromatic rings. The van der Waals surface area contributed by atoms with Gasteiger partial charge >= 0.3 is 0 Å². The standard InChI is InChI=1S/C13H27NOS/c1-13(2,3)9-8-12-7-6-10-14(11-12)16(4,5)15/h12H,4,6-11H2,1-3,5H3. The van der Waals surface area contributed by atoms with Crippen molar-refractivity contribution in [1.82, 2.24) is 4.31 Å². The lowest BCUT2D eigenvalue weighted by Gasteiger charge is -2.34. The van der Waals surface area contributed by atoms with E-state index in [1.165, 1.54) is 25.7 Å². The minimum atomic E-state index is -1.98. The lowest BCUT2D eigenvalue weighted by Crippen LogP contribution is -2.39. The van der Waals surface area contributed by atoms with Crippen molar-refractivity contribution >= 4 is 15.6 Å². The van der Waals surface area contributed by atoms with E-state index in [4.69, 9.17) is 0 Å². The van der Waals surface area contributed by atoms with Crippen molar-refractivity contribution in [2.75, 3.05) is 19.3 Å². The quantitative estimate of drug-likeness (QED) is 0.700. The molecule has 96 valence electrons. The first kappa shape index (κ1) is 14.0. The smallest absolute Gasteiger partial charge is 0.0245 e. The fourth-order valence-electron chi connectivity index (χ4n) is 2.25. The summed E-state index contributed by atoms with van der Waals surface area (Å²) >= 11 is 0. The maximum atomic E-state index is 11.9. The highest BCUT2D eigenvalue weighted by Crippen LogP contribution is 2.28. The van der Waals surface area contributed by atoms with Gasteiger partial charge in [-0.1, -0.05) is 20.8 Å². The zero-order valence-electron chi connectivity index (χ0n) is 11.3. The summed E-state index contributed by atoms with van der Waals surface area (Å²) in [7, 11) is -1.98. The van der Waals surface area contributed by atoms with Gasteiger partial charge in [-0.3, -0.25) is 4.21 Å². The van der Waals surface area contributed by atoms with Crippen molar-refractivity contribution < 1.29 is 4.21 Å². The predicted octanol–water partition coefficient (Wildman–Crippen LogP) is 2.79. The summed E-state index contributed by atoms with van der Waals surface area (Å²) in [5.41, 5.74) is 0.417. The molecule has 0 aromatic carbocycles. The number of nitrogens with zero attached hydrogens (tertiary/aromatic N) is 1. The fourth-order valence-corrected chi connectivity index (χ4v) is 3.29. The summed E-state index contributed by atoms with van der Waals surface area (Å²) in [6.45, 7) is 8.81. The molecule has 1 fully saturated rings. The zero-order chi connectivity index (χ0) is 12.4. The minimum absolute atomic E-state index is 0.417. The van der Waals surface area contributed by atoms with Crippen LogP contribution in [0, 0.1) is 11.3 Å². The second-order valence-electron chi connectivity index (χ2n) is 6.45. The molecule has 3 heteroatoms. The van der Waals surface area contributed by atoms with Crippen LogP contribution in [-0.2, 0) is 9.71 Å². The fraction of sp³-hybridized carbons (Fsp3) is 0.923. The Morgan fingerprint density at radius 2 is 2.06 bits per heavy atom. The summed E-state index contributed by atoms with van der Waals surface area (Å²) in [4.78, 5) is 0. The maximum absolute atomic E-state index is 11.9. The lowest BCUT2D eigenvalue weighted by atomic mass is 9.84. The van der Waals surface area contributed by atoms with Gasteiger partial charge in [-0.25, -0.2) is 4.31 Å². The van der Waals surface area contributed by atoms with Gasteiger partial charge in [0.1, 0.15) is 0 Å². The minimum Gasteiger partial charge on any atom is -0.253 e. The first-order valence-electron chi connectivity index (χ1n) is 6.26. The van der Waals surface area contributed by atoms with E-state index in [2.05, 4.69) is 30.9 Å². The Hall–Kier alpha value is -0.0200. The van der Waals surface area contributed by atoms with Gasteiger partial charge in [-0.05, 0) is 42.9 Å². The van der Waals surface area contributed by atoms with Crippen LogP contribution in [0.15, 0.2) is 0 Å². The summed E-state index contributed by atoms with van der Waals surface area (Å²) in [6.07, 6.45) is 6.75. The largest absolute Gasteiger partial charge is 0.253 e. The van der Waals surface area contributed by atoms with E-state index in [0.29, 0.717) is 5.41 Å². The van der Waals surface area contributed by atoms with Gasteiger partial charge in [0.05, 0.1) is 0 Å². The molecule has 0 amide bonds. The van der Waals surface area contributed by atoms with Gasteiger partial charge in [0, 0.05) is 29.1 Å². The Bertz CT molecular complexity index is 313. The van der Waals surface area contributed by atoms with E-state index in [1.54, 1.807) is 6.26 Å². The molecule has 0 N–H and O–H groups in total. The van der Waals surface area contributed by atoms with Crippen LogP contribution in [0.1, 0.15) is 46.5 Å². The first-order chi connectivity index (χ1) is 7.18. The van der Waals surface area contributed by atoms with Crippen LogP contribution < -0.4 is 0 Å². The molecule has 1 aliphatic rings. The Morgan fingerprint density at radius 1 is 1.44 bits per heavy atom. The third kappa shape index (κ3) is 4.88. The average molecular weight is 245 g/mol. The highest BCUT2D eigenvalue weighted by atomic mass is 32.2. The molecule has 1 rings (SSSR count). The molecule has 0 aromatic heterocycles. The van der Waals surface area contributed by atoms with Crippen molar-refractivity contribution in [1.29, 1.82) is 0 Å². The van der Waals surface area contributed by atoms with Gasteiger partial charge in [-0.15, -0.1) is 0 Å². The number of piperidine rings is 1. The highest BCUT2D eigenvalue weighted by molar-refractivity contribution is 7.97. The van der Waals surface area contributed by atoms with Crippen molar-refractivity contribution in [3.63, 3.8) is 0 Å². The average Bonchev–Trinajstić information content (AvgIpc) is 2.13. The molecule has 0 bridgehead atoms. The van der Waals surface area contributed by atoms with Crippen molar-refractivity contribution in [3.05, 3.63) is 0 Å². The summed E-state index contributed by atoms with van der Waals surface area (Å²) < 4.78 is 14.0. The Morgan fingerprint density at radius 3 is 2.56 bits per heavy atom. The van der Waals surface area contributed by atoms with Crippen LogP contribution in [0.4, 0.5) is 0 Å². The highest BCUT2D eigenvalue weighted by Gasteiger charge is 2.24. The van der Waals surface area contributed by atoms with E-state index in [-0.39, 0.29) is 0 Å². The molecule has 1 saturated heterocycles. The molecule has 0 spiro atoms. The molecule has 0 aliphatic carbocycles. The molecule has 2 unspecified atom stereocenters. The Balaban J connectivity index is 2.46. The predicted molar refractivity (Wildman–Crippen MR) is 74.2 cm³/mol. The van der Waals surface area contributed by atoms with Crippen LogP contribution in [-0.4, -0.2) is 33.7 Å². The normalized spacial score (nSPS) is 27.6. The van der Waals surface area contributed by atoms with E-state index in [0.717, 1.165) is 19.0 Å². The Kier molecular flexibility index (Phi) is 4.47.